The van der Waals surface area contributed by atoms with E-state index in [1.807, 2.05) is 0 Å². The number of aromatic nitrogens is 1. The topological polar surface area (TPSA) is 22.1 Å². The van der Waals surface area contributed by atoms with E-state index in [9.17, 15) is 8.78 Å². The number of halogens is 4. The Labute approximate surface area is 83.4 Å². The lowest BCUT2D eigenvalue weighted by Crippen LogP contribution is -1.96. The van der Waals surface area contributed by atoms with Crippen LogP contribution < -0.4 is 4.74 Å². The Morgan fingerprint density at radius 3 is 2.46 bits per heavy atom. The predicted octanol–water partition coefficient (Wildman–Crippen LogP) is 3.33. The van der Waals surface area contributed by atoms with Crippen molar-refractivity contribution in [3.05, 3.63) is 21.9 Å². The van der Waals surface area contributed by atoms with E-state index < -0.39 is 12.0 Å². The second kappa shape index (κ2) is 4.07. The summed E-state index contributed by atoms with van der Waals surface area (Å²) >= 11 is 11.0. The minimum absolute atomic E-state index is 0.0159. The molecule has 0 aliphatic carbocycles. The van der Waals surface area contributed by atoms with E-state index >= 15 is 0 Å². The van der Waals surface area contributed by atoms with E-state index in [2.05, 4.69) is 9.72 Å². The summed E-state index contributed by atoms with van der Waals surface area (Å²) in [5.41, 5.74) is -0.475. The summed E-state index contributed by atoms with van der Waals surface area (Å²) in [5, 5.41) is -0.279. The van der Waals surface area contributed by atoms with Gasteiger partial charge in [0, 0.05) is 0 Å². The van der Waals surface area contributed by atoms with Crippen molar-refractivity contribution in [2.45, 2.75) is 6.43 Å². The fourth-order valence-corrected chi connectivity index (χ4v) is 1.31. The molecule has 0 amide bonds. The number of hydrogen-bond acceptors (Lipinski definition) is 2. The van der Waals surface area contributed by atoms with E-state index in [4.69, 9.17) is 23.2 Å². The summed E-state index contributed by atoms with van der Waals surface area (Å²) in [7, 11) is 1.24. The molecule has 0 saturated carbocycles. The van der Waals surface area contributed by atoms with Crippen molar-refractivity contribution in [3.63, 3.8) is 0 Å². The highest BCUT2D eigenvalue weighted by molar-refractivity contribution is 6.34. The van der Waals surface area contributed by atoms with Gasteiger partial charge in [0.2, 0.25) is 0 Å². The van der Waals surface area contributed by atoms with Crippen LogP contribution in [-0.4, -0.2) is 12.1 Å². The Morgan fingerprint density at radius 1 is 1.46 bits per heavy atom. The molecule has 0 aromatic carbocycles. The van der Waals surface area contributed by atoms with Crippen LogP contribution in [0.2, 0.25) is 10.2 Å². The van der Waals surface area contributed by atoms with Crippen molar-refractivity contribution in [3.8, 4) is 5.75 Å². The van der Waals surface area contributed by atoms with Gasteiger partial charge >= 0.3 is 0 Å². The first-order valence-electron chi connectivity index (χ1n) is 3.24. The summed E-state index contributed by atoms with van der Waals surface area (Å²) < 4.78 is 29.5. The Kier molecular flexibility index (Phi) is 3.27. The van der Waals surface area contributed by atoms with Crippen LogP contribution in [0.1, 0.15) is 12.0 Å². The summed E-state index contributed by atoms with van der Waals surface area (Å²) in [5.74, 6) is -0.128. The molecule has 0 atom stereocenters. The molecule has 1 heterocycles. The molecule has 1 aromatic heterocycles. The fraction of sp³-hybridized carbons (Fsp3) is 0.286. The van der Waals surface area contributed by atoms with Gasteiger partial charge < -0.3 is 4.74 Å². The highest BCUT2D eigenvalue weighted by Gasteiger charge is 2.21. The third kappa shape index (κ3) is 2.00. The molecule has 0 N–H and O–H groups in total. The Bertz CT molecular complexity index is 320. The molecule has 0 bridgehead atoms. The first-order valence-corrected chi connectivity index (χ1v) is 3.99. The largest absolute Gasteiger partial charge is 0.495 e. The van der Waals surface area contributed by atoms with E-state index in [0.29, 0.717) is 0 Å². The fourth-order valence-electron chi connectivity index (χ4n) is 0.860. The minimum Gasteiger partial charge on any atom is -0.495 e. The molecule has 0 saturated heterocycles. The third-order valence-corrected chi connectivity index (χ3v) is 1.97. The van der Waals surface area contributed by atoms with Gasteiger partial charge in [-0.05, 0) is 0 Å². The Hall–Kier alpha value is -0.610. The average molecular weight is 228 g/mol. The van der Waals surface area contributed by atoms with Crippen LogP contribution in [-0.2, 0) is 0 Å². The minimum atomic E-state index is -2.76. The lowest BCUT2D eigenvalue weighted by molar-refractivity contribution is 0.146. The van der Waals surface area contributed by atoms with E-state index in [1.54, 1.807) is 0 Å². The highest BCUT2D eigenvalue weighted by Crippen LogP contribution is 2.38. The van der Waals surface area contributed by atoms with Gasteiger partial charge in [-0.1, -0.05) is 23.2 Å². The smallest absolute Gasteiger partial charge is 0.270 e. The standard InChI is InChI=1S/C7H5Cl2F2NO/c1-13-5-3(8)2-12-6(9)4(5)7(10)11/h2,7H,1H3. The lowest BCUT2D eigenvalue weighted by atomic mass is 10.2. The van der Waals surface area contributed by atoms with Gasteiger partial charge in [-0.25, -0.2) is 13.8 Å². The van der Waals surface area contributed by atoms with Crippen molar-refractivity contribution in [2.24, 2.45) is 0 Å². The van der Waals surface area contributed by atoms with Gasteiger partial charge in [-0.15, -0.1) is 0 Å². The normalized spacial score (nSPS) is 10.6. The quantitative estimate of drug-likeness (QED) is 0.724. The molecule has 1 rings (SSSR count). The SMILES string of the molecule is COc1c(Cl)cnc(Cl)c1C(F)F. The van der Waals surface area contributed by atoms with Gasteiger partial charge in [0.25, 0.3) is 6.43 Å². The summed E-state index contributed by atoms with van der Waals surface area (Å²) in [6.07, 6.45) is -1.59. The number of methoxy groups -OCH3 is 1. The molecule has 72 valence electrons. The molecule has 6 heteroatoms. The number of rotatable bonds is 2. The molecule has 1 aromatic rings. The van der Waals surface area contributed by atoms with Crippen LogP contribution in [0.4, 0.5) is 8.78 Å². The van der Waals surface area contributed by atoms with Crippen molar-refractivity contribution in [1.82, 2.24) is 4.98 Å². The van der Waals surface area contributed by atoms with Gasteiger partial charge in [0.1, 0.15) is 10.2 Å². The predicted molar refractivity (Wildman–Crippen MR) is 45.8 cm³/mol. The maximum atomic E-state index is 12.4. The van der Waals surface area contributed by atoms with Crippen LogP contribution in [0.3, 0.4) is 0 Å². The molecule has 0 radical (unpaired) electrons. The summed E-state index contributed by atoms with van der Waals surface area (Å²) in [4.78, 5) is 3.48. The van der Waals surface area contributed by atoms with Gasteiger partial charge in [-0.3, -0.25) is 0 Å². The number of pyridine rings is 1. The van der Waals surface area contributed by atoms with Crippen molar-refractivity contribution >= 4 is 23.2 Å². The summed E-state index contributed by atoms with van der Waals surface area (Å²) in [6, 6.07) is 0. The van der Waals surface area contributed by atoms with E-state index in [1.165, 1.54) is 7.11 Å². The molecule has 13 heavy (non-hydrogen) atoms. The number of hydrogen-bond donors (Lipinski definition) is 0. The second-order valence-corrected chi connectivity index (χ2v) is 2.91. The number of ether oxygens (including phenoxy) is 1. The van der Waals surface area contributed by atoms with E-state index in [0.717, 1.165) is 6.20 Å². The molecule has 0 spiro atoms. The Balaban J connectivity index is 3.35. The molecule has 0 fully saturated rings. The van der Waals surface area contributed by atoms with Crippen LogP contribution in [0.5, 0.6) is 5.75 Å². The van der Waals surface area contributed by atoms with Crippen molar-refractivity contribution in [2.75, 3.05) is 7.11 Å². The third-order valence-electron chi connectivity index (χ3n) is 1.40. The average Bonchev–Trinajstić information content (AvgIpc) is 2.07. The van der Waals surface area contributed by atoms with Crippen LogP contribution in [0, 0.1) is 0 Å². The zero-order valence-electron chi connectivity index (χ0n) is 6.52. The maximum Gasteiger partial charge on any atom is 0.270 e. The molecule has 2 nitrogen and oxygen atoms in total. The maximum absolute atomic E-state index is 12.4. The van der Waals surface area contributed by atoms with Gasteiger partial charge in [0.05, 0.1) is 18.9 Å². The number of nitrogens with zero attached hydrogens (tertiary/aromatic N) is 1. The molecule has 0 unspecified atom stereocenters. The highest BCUT2D eigenvalue weighted by atomic mass is 35.5. The first kappa shape index (κ1) is 10.5. The molecule has 0 aliphatic heterocycles. The zero-order valence-corrected chi connectivity index (χ0v) is 8.03. The first-order chi connectivity index (χ1) is 6.07. The van der Waals surface area contributed by atoms with Gasteiger partial charge in [-0.2, -0.15) is 0 Å². The van der Waals surface area contributed by atoms with Crippen molar-refractivity contribution < 1.29 is 13.5 Å². The van der Waals surface area contributed by atoms with Gasteiger partial charge in [0.15, 0.2) is 5.75 Å². The molecular formula is C7H5Cl2F2NO. The van der Waals surface area contributed by atoms with E-state index in [-0.39, 0.29) is 15.9 Å². The monoisotopic (exact) mass is 227 g/mol. The van der Waals surface area contributed by atoms with Crippen LogP contribution in [0.15, 0.2) is 6.20 Å². The molecule has 0 aliphatic rings. The molecular weight excluding hydrogens is 223 g/mol. The second-order valence-electron chi connectivity index (χ2n) is 2.14. The lowest BCUT2D eigenvalue weighted by Gasteiger charge is -2.09. The van der Waals surface area contributed by atoms with Crippen LogP contribution in [0.25, 0.3) is 0 Å². The summed E-state index contributed by atoms with van der Waals surface area (Å²) in [6.45, 7) is 0. The zero-order chi connectivity index (χ0) is 10.0. The Morgan fingerprint density at radius 2 is 2.08 bits per heavy atom. The van der Waals surface area contributed by atoms with Crippen LogP contribution >= 0.6 is 23.2 Å². The number of alkyl halides is 2. The van der Waals surface area contributed by atoms with Crippen molar-refractivity contribution in [1.29, 1.82) is 0 Å².